The van der Waals surface area contributed by atoms with E-state index in [1.165, 1.54) is 12.5 Å². The number of carbonyl (C=O) groups is 1. The van der Waals surface area contributed by atoms with E-state index in [0.717, 1.165) is 0 Å². The number of terminal acetylenes is 1. The number of nitrogens with zero attached hydrogens (tertiary/aromatic N) is 3. The molecule has 3 rings (SSSR count). The average Bonchev–Trinajstić information content (AvgIpc) is 2.60. The number of benzene rings is 1. The highest BCUT2D eigenvalue weighted by Crippen LogP contribution is 2.37. The van der Waals surface area contributed by atoms with Crippen LogP contribution in [0.4, 0.5) is 0 Å². The Morgan fingerprint density at radius 1 is 1.27 bits per heavy atom. The minimum absolute atomic E-state index is 0.0878. The molecule has 2 aromatic heterocycles. The molecule has 26 heavy (non-hydrogen) atoms. The maximum absolute atomic E-state index is 12.3. The van der Waals surface area contributed by atoms with Crippen LogP contribution in [0, 0.1) is 12.5 Å². The van der Waals surface area contributed by atoms with Crippen LogP contribution in [0.1, 0.15) is 10.5 Å². The Bertz CT molecular complexity index is 1090. The Hall–Kier alpha value is -2.53. The van der Waals surface area contributed by atoms with Crippen LogP contribution in [-0.2, 0) is 15.5 Å². The summed E-state index contributed by atoms with van der Waals surface area (Å²) in [6.07, 6.45) is 9.76. The molecule has 0 N–H and O–H groups in total. The number of halogens is 2. The van der Waals surface area contributed by atoms with Gasteiger partial charge in [0.1, 0.15) is 6.11 Å². The highest BCUT2D eigenvalue weighted by atomic mass is 35.5. The number of rotatable bonds is 3. The number of esters is 1. The standard InChI is InChI=1S/C17H9Cl2N3O3S/c1-3-25-16(23)14-10(13-11(18)5-4-6-12(13)19)7-9-8-20-17(26(2)24)22-15(9)21-14/h1,4-8H,2H3. The summed E-state index contributed by atoms with van der Waals surface area (Å²) in [5, 5.41) is 1.23. The van der Waals surface area contributed by atoms with Crippen LogP contribution in [0.15, 0.2) is 35.6 Å². The smallest absolute Gasteiger partial charge is 0.368 e. The van der Waals surface area contributed by atoms with Gasteiger partial charge in [0, 0.05) is 39.0 Å². The van der Waals surface area contributed by atoms with Gasteiger partial charge in [-0.3, -0.25) is 4.21 Å². The van der Waals surface area contributed by atoms with Gasteiger partial charge in [-0.2, -0.15) is 0 Å². The molecule has 0 radical (unpaired) electrons. The highest BCUT2D eigenvalue weighted by molar-refractivity contribution is 7.84. The van der Waals surface area contributed by atoms with Gasteiger partial charge in [-0.25, -0.2) is 19.7 Å². The van der Waals surface area contributed by atoms with Crippen LogP contribution < -0.4 is 0 Å². The fraction of sp³-hybridized carbons (Fsp3) is 0.0588. The van der Waals surface area contributed by atoms with Gasteiger partial charge in [0.15, 0.2) is 11.3 Å². The van der Waals surface area contributed by atoms with Crippen molar-refractivity contribution in [2.45, 2.75) is 5.16 Å². The lowest BCUT2D eigenvalue weighted by Gasteiger charge is -2.11. The van der Waals surface area contributed by atoms with E-state index in [4.69, 9.17) is 29.6 Å². The molecule has 0 spiro atoms. The Balaban J connectivity index is 2.35. The van der Waals surface area contributed by atoms with Crippen molar-refractivity contribution < 1.29 is 13.7 Å². The molecule has 130 valence electrons. The summed E-state index contributed by atoms with van der Waals surface area (Å²) in [4.78, 5) is 24.7. The van der Waals surface area contributed by atoms with E-state index in [1.807, 2.05) is 6.11 Å². The van der Waals surface area contributed by atoms with E-state index >= 15 is 0 Å². The Kier molecular flexibility index (Phi) is 5.18. The SMILES string of the molecule is C#COC(=O)c1nc2nc(S(C)=O)ncc2cc1-c1c(Cl)cccc1Cl. The molecular formula is C17H9Cl2N3O3S. The summed E-state index contributed by atoms with van der Waals surface area (Å²) >= 11 is 12.5. The summed E-state index contributed by atoms with van der Waals surface area (Å²) in [5.41, 5.74) is 0.776. The maximum atomic E-state index is 12.3. The molecule has 0 fully saturated rings. The van der Waals surface area contributed by atoms with Crippen molar-refractivity contribution in [1.29, 1.82) is 0 Å². The molecular weight excluding hydrogens is 397 g/mol. The van der Waals surface area contributed by atoms with Gasteiger partial charge in [-0.15, -0.1) is 0 Å². The van der Waals surface area contributed by atoms with E-state index in [9.17, 15) is 9.00 Å². The van der Waals surface area contributed by atoms with Crippen molar-refractivity contribution in [2.24, 2.45) is 0 Å². The van der Waals surface area contributed by atoms with Crippen LogP contribution in [0.5, 0.6) is 0 Å². The van der Waals surface area contributed by atoms with Crippen LogP contribution in [0.3, 0.4) is 0 Å². The lowest BCUT2D eigenvalue weighted by Crippen LogP contribution is -2.08. The van der Waals surface area contributed by atoms with E-state index in [-0.39, 0.29) is 16.5 Å². The number of aromatic nitrogens is 3. The molecule has 6 nitrogen and oxygen atoms in total. The van der Waals surface area contributed by atoms with Crippen molar-refractivity contribution in [3.05, 3.63) is 46.2 Å². The van der Waals surface area contributed by atoms with Crippen molar-refractivity contribution >= 4 is 51.0 Å². The predicted octanol–water partition coefficient (Wildman–Crippen LogP) is 3.48. The minimum atomic E-state index is -1.41. The van der Waals surface area contributed by atoms with E-state index < -0.39 is 16.8 Å². The third kappa shape index (κ3) is 3.40. The van der Waals surface area contributed by atoms with Crippen molar-refractivity contribution in [2.75, 3.05) is 6.26 Å². The zero-order chi connectivity index (χ0) is 18.8. The van der Waals surface area contributed by atoms with Gasteiger partial charge >= 0.3 is 5.97 Å². The van der Waals surface area contributed by atoms with Crippen molar-refractivity contribution in [1.82, 2.24) is 15.0 Å². The summed E-state index contributed by atoms with van der Waals surface area (Å²) in [6, 6.07) is 6.53. The van der Waals surface area contributed by atoms with Gasteiger partial charge in [-0.05, 0) is 18.2 Å². The van der Waals surface area contributed by atoms with Gasteiger partial charge in [0.05, 0.1) is 10.8 Å². The molecule has 0 aliphatic carbocycles. The summed E-state index contributed by atoms with van der Waals surface area (Å²) in [6.45, 7) is 0. The quantitative estimate of drug-likeness (QED) is 0.376. The maximum Gasteiger partial charge on any atom is 0.371 e. The fourth-order valence-electron chi connectivity index (χ4n) is 2.29. The Morgan fingerprint density at radius 3 is 2.58 bits per heavy atom. The summed E-state index contributed by atoms with van der Waals surface area (Å²) < 4.78 is 16.2. The molecule has 1 unspecified atom stereocenters. The molecule has 0 amide bonds. The molecule has 9 heteroatoms. The second-order valence-corrected chi connectivity index (χ2v) is 7.10. The number of fused-ring (bicyclic) bond motifs is 1. The summed E-state index contributed by atoms with van der Waals surface area (Å²) in [7, 11) is -1.41. The zero-order valence-electron chi connectivity index (χ0n) is 13.2. The highest BCUT2D eigenvalue weighted by Gasteiger charge is 2.22. The van der Waals surface area contributed by atoms with E-state index in [0.29, 0.717) is 26.6 Å². The lowest BCUT2D eigenvalue weighted by atomic mass is 10.0. The van der Waals surface area contributed by atoms with Gasteiger partial charge in [-0.1, -0.05) is 35.7 Å². The molecule has 0 bridgehead atoms. The van der Waals surface area contributed by atoms with Gasteiger partial charge in [0.2, 0.25) is 5.16 Å². The van der Waals surface area contributed by atoms with Crippen LogP contribution in [0.25, 0.3) is 22.2 Å². The number of ether oxygens (including phenoxy) is 1. The van der Waals surface area contributed by atoms with Gasteiger partial charge in [0.25, 0.3) is 0 Å². The second kappa shape index (κ2) is 7.38. The van der Waals surface area contributed by atoms with Gasteiger partial charge < -0.3 is 4.74 Å². The number of pyridine rings is 1. The molecule has 0 aliphatic heterocycles. The van der Waals surface area contributed by atoms with E-state index in [1.54, 1.807) is 24.3 Å². The topological polar surface area (TPSA) is 82.0 Å². The second-order valence-electron chi connectivity index (χ2n) is 5.01. The predicted molar refractivity (Wildman–Crippen MR) is 99.4 cm³/mol. The molecule has 1 atom stereocenters. The van der Waals surface area contributed by atoms with Crippen LogP contribution in [-0.4, -0.2) is 31.4 Å². The van der Waals surface area contributed by atoms with E-state index in [2.05, 4.69) is 19.7 Å². The first-order valence-electron chi connectivity index (χ1n) is 7.04. The Morgan fingerprint density at radius 2 is 1.96 bits per heavy atom. The van der Waals surface area contributed by atoms with Crippen LogP contribution in [0.2, 0.25) is 10.0 Å². The molecule has 0 saturated carbocycles. The lowest BCUT2D eigenvalue weighted by molar-refractivity contribution is 0.0686. The molecule has 1 aromatic carbocycles. The zero-order valence-corrected chi connectivity index (χ0v) is 15.5. The first kappa shape index (κ1) is 18.3. The largest absolute Gasteiger partial charge is 0.371 e. The molecule has 3 aromatic rings. The number of hydrogen-bond donors (Lipinski definition) is 0. The van der Waals surface area contributed by atoms with Crippen molar-refractivity contribution in [3.8, 4) is 23.7 Å². The Labute approximate surface area is 161 Å². The monoisotopic (exact) mass is 405 g/mol. The molecule has 2 heterocycles. The number of carbonyl (C=O) groups excluding carboxylic acids is 1. The normalized spacial score (nSPS) is 11.8. The molecule has 0 aliphatic rings. The van der Waals surface area contributed by atoms with Crippen LogP contribution >= 0.6 is 23.2 Å². The van der Waals surface area contributed by atoms with Crippen molar-refractivity contribution in [3.63, 3.8) is 0 Å². The molecule has 0 saturated heterocycles. The number of hydrogen-bond acceptors (Lipinski definition) is 6. The third-order valence-corrected chi connectivity index (χ3v) is 4.72. The average molecular weight is 406 g/mol. The minimum Gasteiger partial charge on any atom is -0.368 e. The fourth-order valence-corrected chi connectivity index (χ4v) is 3.31. The first-order valence-corrected chi connectivity index (χ1v) is 9.36. The first-order chi connectivity index (χ1) is 12.4. The summed E-state index contributed by atoms with van der Waals surface area (Å²) in [5.74, 6) is -0.863. The third-order valence-electron chi connectivity index (χ3n) is 3.38.